The minimum atomic E-state index is -1.57. The van der Waals surface area contributed by atoms with Crippen molar-refractivity contribution in [3.63, 3.8) is 0 Å². The van der Waals surface area contributed by atoms with Crippen molar-refractivity contribution in [2.45, 2.75) is 120 Å². The van der Waals surface area contributed by atoms with E-state index in [1.165, 1.54) is 38.3 Å². The Morgan fingerprint density at radius 1 is 0.973 bits per heavy atom. The molecule has 0 unspecified atom stereocenters. The van der Waals surface area contributed by atoms with E-state index in [9.17, 15) is 14.4 Å². The summed E-state index contributed by atoms with van der Waals surface area (Å²) in [6, 6.07) is 0. The van der Waals surface area contributed by atoms with Crippen molar-refractivity contribution in [1.82, 2.24) is 0 Å². The maximum absolute atomic E-state index is 12.0. The molecule has 1 heterocycles. The van der Waals surface area contributed by atoms with Crippen LogP contribution in [0.2, 0.25) is 19.6 Å². The van der Waals surface area contributed by atoms with Gasteiger partial charge in [0.15, 0.2) is 18.5 Å². The van der Waals surface area contributed by atoms with E-state index in [1.807, 2.05) is 0 Å². The maximum Gasteiger partial charge on any atom is 0.303 e. The monoisotopic (exact) mass is 648 g/mol. The summed E-state index contributed by atoms with van der Waals surface area (Å²) in [5.74, 6) is 1.77. The van der Waals surface area contributed by atoms with E-state index in [-0.39, 0.29) is 12.7 Å². The van der Waals surface area contributed by atoms with Gasteiger partial charge in [-0.15, -0.1) is 11.5 Å². The minimum Gasteiger partial charge on any atom is -0.463 e. The number of carbonyl (C=O) groups is 3. The van der Waals surface area contributed by atoms with Crippen molar-refractivity contribution in [3.8, 4) is 11.5 Å². The van der Waals surface area contributed by atoms with Gasteiger partial charge in [0.05, 0.1) is 6.10 Å². The van der Waals surface area contributed by atoms with E-state index >= 15 is 0 Å². The molecular weight excluding hydrogens is 607 g/mol. The molecule has 0 amide bonds. The number of esters is 3. The second-order valence-corrected chi connectivity index (χ2v) is 16.9. The Kier molecular flexibility index (Phi) is 12.6. The van der Waals surface area contributed by atoms with Gasteiger partial charge < -0.3 is 23.7 Å². The first kappa shape index (κ1) is 31.8. The largest absolute Gasteiger partial charge is 0.463 e. The van der Waals surface area contributed by atoms with Crippen LogP contribution >= 0.6 is 22.6 Å². The lowest BCUT2D eigenvalue weighted by Crippen LogP contribution is -2.60. The van der Waals surface area contributed by atoms with Crippen LogP contribution in [0.5, 0.6) is 0 Å². The van der Waals surface area contributed by atoms with Gasteiger partial charge in [0.2, 0.25) is 0 Å². The first-order valence-electron chi connectivity index (χ1n) is 12.9. The molecule has 2 fully saturated rings. The van der Waals surface area contributed by atoms with Crippen LogP contribution in [0.3, 0.4) is 0 Å². The Morgan fingerprint density at radius 2 is 1.57 bits per heavy atom. The number of alkyl halides is 1. The van der Waals surface area contributed by atoms with Crippen LogP contribution in [0, 0.1) is 11.5 Å². The standard InChI is InChI=1S/C27H41IO8Si/c1-17(21-12-9-8-10-13-21)22(14-11-15-37(5,6)7)35-27-24(28)26(34-20(4)31)25(33-19(3)30)23(36-27)16-32-18(2)29/h22-27H,8-10,12-14,16H2,1-7H3/t22-,23-,24+,25-,26-,27+/m1/s1. The van der Waals surface area contributed by atoms with E-state index in [1.54, 1.807) is 0 Å². The number of hydrogen-bond acceptors (Lipinski definition) is 8. The summed E-state index contributed by atoms with van der Waals surface area (Å²) >= 11 is 2.12. The summed E-state index contributed by atoms with van der Waals surface area (Å²) in [6.45, 7) is 12.4. The highest BCUT2D eigenvalue weighted by atomic mass is 127. The number of allylic oxidation sites excluding steroid dienone is 1. The van der Waals surface area contributed by atoms with Crippen molar-refractivity contribution in [2.75, 3.05) is 6.61 Å². The van der Waals surface area contributed by atoms with Gasteiger partial charge in [-0.05, 0) is 38.2 Å². The van der Waals surface area contributed by atoms with Crippen LogP contribution in [0.1, 0.15) is 66.2 Å². The van der Waals surface area contributed by atoms with Crippen molar-refractivity contribution in [3.05, 3.63) is 11.1 Å². The SMILES string of the molecule is CC(=O)OC[C@H]1O[C@H](O[C@H](CC#C[Si](C)(C)C)C(C)=C2CCCCC2)[C@@H](I)[C@@H](OC(C)=O)[C@@H]1OC(C)=O. The van der Waals surface area contributed by atoms with Gasteiger partial charge in [-0.3, -0.25) is 14.4 Å². The molecule has 0 aromatic heterocycles. The molecule has 1 saturated carbocycles. The average molecular weight is 649 g/mol. The quantitative estimate of drug-likeness (QED) is 0.0700. The molecule has 0 aromatic carbocycles. The fourth-order valence-corrected chi connectivity index (χ4v) is 5.97. The second kappa shape index (κ2) is 14.7. The predicted molar refractivity (Wildman–Crippen MR) is 151 cm³/mol. The molecule has 8 nitrogen and oxygen atoms in total. The molecule has 208 valence electrons. The Labute approximate surface area is 235 Å². The van der Waals surface area contributed by atoms with Crippen molar-refractivity contribution in [1.29, 1.82) is 0 Å². The van der Waals surface area contributed by atoms with E-state index in [0.29, 0.717) is 6.42 Å². The zero-order chi connectivity index (χ0) is 27.8. The molecule has 10 heteroatoms. The van der Waals surface area contributed by atoms with Crippen molar-refractivity contribution >= 4 is 48.6 Å². The Balaban J connectivity index is 2.40. The van der Waals surface area contributed by atoms with Gasteiger partial charge in [-0.2, -0.15) is 0 Å². The lowest BCUT2D eigenvalue weighted by Gasteiger charge is -2.44. The van der Waals surface area contributed by atoms with Crippen LogP contribution in [0.4, 0.5) is 0 Å². The fourth-order valence-electron chi connectivity index (χ4n) is 4.45. The van der Waals surface area contributed by atoms with E-state index in [0.717, 1.165) is 25.7 Å². The second-order valence-electron chi connectivity index (χ2n) is 10.7. The molecule has 0 aromatic rings. The van der Waals surface area contributed by atoms with Crippen LogP contribution in [0.15, 0.2) is 11.1 Å². The molecule has 0 radical (unpaired) electrons. The molecule has 0 N–H and O–H groups in total. The minimum absolute atomic E-state index is 0.172. The molecule has 1 aliphatic heterocycles. The van der Waals surface area contributed by atoms with Crippen LogP contribution in [-0.2, 0) is 38.1 Å². The number of carbonyl (C=O) groups excluding carboxylic acids is 3. The summed E-state index contributed by atoms with van der Waals surface area (Å²) in [5.41, 5.74) is 5.99. The molecule has 2 rings (SSSR count). The molecule has 1 aliphatic carbocycles. The van der Waals surface area contributed by atoms with Gasteiger partial charge in [-0.25, -0.2) is 0 Å². The third-order valence-corrected chi connectivity index (χ3v) is 8.40. The molecule has 2 aliphatic rings. The summed E-state index contributed by atoms with van der Waals surface area (Å²) in [4.78, 5) is 35.4. The smallest absolute Gasteiger partial charge is 0.303 e. The number of hydrogen-bond donors (Lipinski definition) is 0. The highest BCUT2D eigenvalue weighted by molar-refractivity contribution is 14.1. The Morgan fingerprint density at radius 3 is 2.11 bits per heavy atom. The zero-order valence-electron chi connectivity index (χ0n) is 23.1. The van der Waals surface area contributed by atoms with Gasteiger partial charge in [-0.1, -0.05) is 54.2 Å². The van der Waals surface area contributed by atoms with Gasteiger partial charge in [0, 0.05) is 27.2 Å². The molecule has 1 saturated heterocycles. The summed E-state index contributed by atoms with van der Waals surface area (Å²) < 4.78 is 28.7. The van der Waals surface area contributed by atoms with Crippen molar-refractivity contribution in [2.24, 2.45) is 0 Å². The average Bonchev–Trinajstić information content (AvgIpc) is 2.80. The first-order chi connectivity index (χ1) is 17.3. The molecule has 37 heavy (non-hydrogen) atoms. The van der Waals surface area contributed by atoms with Crippen LogP contribution < -0.4 is 0 Å². The number of ether oxygens (including phenoxy) is 5. The fraction of sp³-hybridized carbons (Fsp3) is 0.741. The Hall–Kier alpha value is -1.42. The summed E-state index contributed by atoms with van der Waals surface area (Å²) in [7, 11) is -1.57. The topological polar surface area (TPSA) is 97.4 Å². The molecular formula is C27H41IO8Si. The predicted octanol–water partition coefficient (Wildman–Crippen LogP) is 4.88. The van der Waals surface area contributed by atoms with Crippen molar-refractivity contribution < 1.29 is 38.1 Å². The van der Waals surface area contributed by atoms with E-state index < -0.39 is 54.5 Å². The lowest BCUT2D eigenvalue weighted by molar-refractivity contribution is -0.266. The summed E-state index contributed by atoms with van der Waals surface area (Å²) in [6.07, 6.45) is 2.38. The molecule has 0 bridgehead atoms. The highest BCUT2D eigenvalue weighted by Gasteiger charge is 2.50. The van der Waals surface area contributed by atoms with Gasteiger partial charge in [0.25, 0.3) is 0 Å². The van der Waals surface area contributed by atoms with Crippen LogP contribution in [0.25, 0.3) is 0 Å². The van der Waals surface area contributed by atoms with E-state index in [4.69, 9.17) is 23.7 Å². The Bertz CT molecular complexity index is 908. The summed E-state index contributed by atoms with van der Waals surface area (Å²) in [5, 5.41) is 0. The maximum atomic E-state index is 12.0. The van der Waals surface area contributed by atoms with E-state index in [2.05, 4.69) is 60.6 Å². The number of rotatable bonds is 8. The highest BCUT2D eigenvalue weighted by Crippen LogP contribution is 2.35. The van der Waals surface area contributed by atoms with Gasteiger partial charge >= 0.3 is 17.9 Å². The van der Waals surface area contributed by atoms with Gasteiger partial charge in [0.1, 0.15) is 24.7 Å². The normalized spacial score (nSPS) is 26.8. The first-order valence-corrected chi connectivity index (χ1v) is 17.6. The molecule has 6 atom stereocenters. The third kappa shape index (κ3) is 10.7. The number of halogens is 1. The lowest BCUT2D eigenvalue weighted by atomic mass is 9.89. The van der Waals surface area contributed by atoms with Crippen LogP contribution in [-0.4, -0.2) is 67.2 Å². The molecule has 0 spiro atoms. The zero-order valence-corrected chi connectivity index (χ0v) is 26.2. The third-order valence-electron chi connectivity index (χ3n) is 6.17.